The zero-order valence-corrected chi connectivity index (χ0v) is 8.47. The van der Waals surface area contributed by atoms with Gasteiger partial charge >= 0.3 is 0 Å². The molecule has 4 heteroatoms. The highest BCUT2D eigenvalue weighted by atomic mass is 16.1. The van der Waals surface area contributed by atoms with Gasteiger partial charge in [-0.1, -0.05) is 20.8 Å². The Bertz CT molecular complexity index is 74.7. The summed E-state index contributed by atoms with van der Waals surface area (Å²) in [5, 5.41) is 0. The normalized spacial score (nSPS) is 7.08. The Hall–Kier alpha value is -0.610. The third kappa shape index (κ3) is 57.5. The Balaban J connectivity index is -0.000000118. The molecule has 0 heterocycles. The molecule has 0 aliphatic heterocycles. The Kier molecular flexibility index (Phi) is 32.7. The van der Waals surface area contributed by atoms with Crippen molar-refractivity contribution < 1.29 is 4.79 Å². The number of nitrogens with two attached hydrogens (primary N) is 3. The van der Waals surface area contributed by atoms with Crippen LogP contribution in [0, 0.1) is 0 Å². The second-order valence-electron chi connectivity index (χ2n) is 1.79. The van der Waals surface area contributed by atoms with Gasteiger partial charge in [-0.05, 0) is 13.0 Å². The Labute approximate surface area is 75.5 Å². The molecule has 4 nitrogen and oxygen atoms in total. The minimum Gasteiger partial charge on any atom is -0.370 e. The maximum absolute atomic E-state index is 9.74. The van der Waals surface area contributed by atoms with E-state index in [9.17, 15) is 4.79 Å². The summed E-state index contributed by atoms with van der Waals surface area (Å²) < 4.78 is 0. The van der Waals surface area contributed by atoms with Gasteiger partial charge in [0.2, 0.25) is 5.91 Å². The van der Waals surface area contributed by atoms with Crippen molar-refractivity contribution >= 4 is 5.91 Å². The lowest BCUT2D eigenvalue weighted by Gasteiger charge is -1.82. The molecule has 0 bridgehead atoms. The molecule has 1 amide bonds. The van der Waals surface area contributed by atoms with Gasteiger partial charge in [0.1, 0.15) is 0 Å². The Morgan fingerprint density at radius 1 is 1.17 bits per heavy atom. The molecule has 76 valence electrons. The number of hydrogen-bond acceptors (Lipinski definition) is 3. The van der Waals surface area contributed by atoms with Crippen molar-refractivity contribution in [2.24, 2.45) is 17.2 Å². The summed E-state index contributed by atoms with van der Waals surface area (Å²) in [7, 11) is 0. The molecule has 0 rings (SSSR count). The highest BCUT2D eigenvalue weighted by molar-refractivity contribution is 5.73. The van der Waals surface area contributed by atoms with Gasteiger partial charge in [-0.25, -0.2) is 0 Å². The molecule has 0 aromatic rings. The molecule has 12 heavy (non-hydrogen) atoms. The molecule has 0 aliphatic carbocycles. The molecule has 0 unspecified atom stereocenters. The van der Waals surface area contributed by atoms with Gasteiger partial charge in [-0.15, -0.1) is 0 Å². The van der Waals surface area contributed by atoms with Gasteiger partial charge in [0.25, 0.3) is 0 Å². The van der Waals surface area contributed by atoms with Crippen LogP contribution in [-0.2, 0) is 4.79 Å². The first-order valence-electron chi connectivity index (χ1n) is 4.37. The first-order valence-corrected chi connectivity index (χ1v) is 4.37. The van der Waals surface area contributed by atoms with Crippen LogP contribution < -0.4 is 17.2 Å². The third-order valence-electron chi connectivity index (χ3n) is 0.679. The van der Waals surface area contributed by atoms with Crippen molar-refractivity contribution in [3.05, 3.63) is 0 Å². The SMILES string of the molecule is CC.CCCN.NCCC(N)=O. The van der Waals surface area contributed by atoms with Crippen LogP contribution in [0.25, 0.3) is 0 Å². The first kappa shape index (κ1) is 17.5. The van der Waals surface area contributed by atoms with Crippen LogP contribution in [0.1, 0.15) is 33.6 Å². The molecular formula is C8H23N3O. The average Bonchev–Trinajstić information content (AvgIpc) is 2.08. The van der Waals surface area contributed by atoms with Crippen LogP contribution in [0.15, 0.2) is 0 Å². The quantitative estimate of drug-likeness (QED) is 0.574. The van der Waals surface area contributed by atoms with Crippen molar-refractivity contribution in [1.29, 1.82) is 0 Å². The molecule has 0 saturated carbocycles. The van der Waals surface area contributed by atoms with E-state index in [0.717, 1.165) is 13.0 Å². The van der Waals surface area contributed by atoms with E-state index in [0.29, 0.717) is 13.0 Å². The summed E-state index contributed by atoms with van der Waals surface area (Å²) in [6.07, 6.45) is 1.39. The van der Waals surface area contributed by atoms with E-state index in [1.54, 1.807) is 0 Å². The molecule has 6 N–H and O–H groups in total. The van der Waals surface area contributed by atoms with E-state index in [1.807, 2.05) is 13.8 Å². The van der Waals surface area contributed by atoms with Gasteiger partial charge in [0.05, 0.1) is 0 Å². The van der Waals surface area contributed by atoms with Gasteiger partial charge in [-0.3, -0.25) is 4.79 Å². The largest absolute Gasteiger partial charge is 0.370 e. The summed E-state index contributed by atoms with van der Waals surface area (Å²) in [6, 6.07) is 0. The third-order valence-corrected chi connectivity index (χ3v) is 0.679. The van der Waals surface area contributed by atoms with Gasteiger partial charge in [-0.2, -0.15) is 0 Å². The summed E-state index contributed by atoms with van der Waals surface area (Å²) in [4.78, 5) is 9.74. The highest BCUT2D eigenvalue weighted by Gasteiger charge is 1.84. The average molecular weight is 177 g/mol. The summed E-state index contributed by atoms with van der Waals surface area (Å²) in [6.45, 7) is 7.23. The summed E-state index contributed by atoms with van der Waals surface area (Å²) in [5.41, 5.74) is 14.6. The lowest BCUT2D eigenvalue weighted by Crippen LogP contribution is -2.15. The number of rotatable bonds is 3. The van der Waals surface area contributed by atoms with Crippen LogP contribution in [0.3, 0.4) is 0 Å². The number of hydrogen-bond donors (Lipinski definition) is 3. The monoisotopic (exact) mass is 177 g/mol. The maximum atomic E-state index is 9.74. The Morgan fingerprint density at radius 3 is 1.50 bits per heavy atom. The fourth-order valence-electron chi connectivity index (χ4n) is 0.142. The van der Waals surface area contributed by atoms with E-state index in [-0.39, 0.29) is 5.91 Å². The second-order valence-corrected chi connectivity index (χ2v) is 1.79. The predicted octanol–water partition coefficient (Wildman–Crippen LogP) is 0.202. The van der Waals surface area contributed by atoms with E-state index >= 15 is 0 Å². The minimum absolute atomic E-state index is 0.292. The fourth-order valence-corrected chi connectivity index (χ4v) is 0.142. The van der Waals surface area contributed by atoms with E-state index < -0.39 is 0 Å². The fraction of sp³-hybridized carbons (Fsp3) is 0.875. The van der Waals surface area contributed by atoms with Gasteiger partial charge in [0.15, 0.2) is 0 Å². The summed E-state index contributed by atoms with van der Waals surface area (Å²) in [5.74, 6) is -0.336. The van der Waals surface area contributed by atoms with E-state index in [4.69, 9.17) is 11.5 Å². The first-order chi connectivity index (χ1) is 5.68. The van der Waals surface area contributed by atoms with Crippen LogP contribution in [0.2, 0.25) is 0 Å². The minimum atomic E-state index is -0.336. The van der Waals surface area contributed by atoms with E-state index in [1.165, 1.54) is 0 Å². The van der Waals surface area contributed by atoms with Crippen molar-refractivity contribution in [3.63, 3.8) is 0 Å². The molecule has 0 saturated heterocycles. The van der Waals surface area contributed by atoms with Crippen molar-refractivity contribution in [3.8, 4) is 0 Å². The van der Waals surface area contributed by atoms with Gasteiger partial charge in [0, 0.05) is 13.0 Å². The summed E-state index contributed by atoms with van der Waals surface area (Å²) >= 11 is 0. The zero-order valence-electron chi connectivity index (χ0n) is 8.47. The van der Waals surface area contributed by atoms with E-state index in [2.05, 4.69) is 12.7 Å². The molecule has 0 aromatic carbocycles. The second kappa shape index (κ2) is 22.4. The van der Waals surface area contributed by atoms with Crippen molar-refractivity contribution in [2.45, 2.75) is 33.6 Å². The zero-order chi connectivity index (χ0) is 10.4. The molecular weight excluding hydrogens is 154 g/mol. The molecule has 0 radical (unpaired) electrons. The van der Waals surface area contributed by atoms with Crippen molar-refractivity contribution in [1.82, 2.24) is 0 Å². The molecule has 0 atom stereocenters. The molecule has 0 spiro atoms. The van der Waals surface area contributed by atoms with Crippen molar-refractivity contribution in [2.75, 3.05) is 13.1 Å². The smallest absolute Gasteiger partial charge is 0.218 e. The molecule has 0 aromatic heterocycles. The van der Waals surface area contributed by atoms with Crippen LogP contribution in [-0.4, -0.2) is 19.0 Å². The number of carbonyl (C=O) groups excluding carboxylic acids is 1. The van der Waals surface area contributed by atoms with Crippen LogP contribution >= 0.6 is 0 Å². The lowest BCUT2D eigenvalue weighted by molar-refractivity contribution is -0.117. The molecule has 0 aliphatic rings. The number of carbonyl (C=O) groups is 1. The highest BCUT2D eigenvalue weighted by Crippen LogP contribution is 1.63. The van der Waals surface area contributed by atoms with Crippen LogP contribution in [0.4, 0.5) is 0 Å². The number of primary amides is 1. The Morgan fingerprint density at radius 2 is 1.50 bits per heavy atom. The molecule has 0 fully saturated rings. The maximum Gasteiger partial charge on any atom is 0.218 e. The van der Waals surface area contributed by atoms with Gasteiger partial charge < -0.3 is 17.2 Å². The van der Waals surface area contributed by atoms with Crippen LogP contribution in [0.5, 0.6) is 0 Å². The topological polar surface area (TPSA) is 95.1 Å². The number of amides is 1. The predicted molar refractivity (Wildman–Crippen MR) is 53.6 cm³/mol. The standard InChI is InChI=1S/C3H8N2O.C3H9N.C2H6/c4-2-1-3(5)6;1-2-3-4;1-2/h1-2,4H2,(H2,5,6);2-4H2,1H3;1-2H3. The lowest BCUT2D eigenvalue weighted by atomic mass is 10.4.